The van der Waals surface area contributed by atoms with Crippen LogP contribution in [-0.4, -0.2) is 25.0 Å². The van der Waals surface area contributed by atoms with E-state index in [2.05, 4.69) is 33.5 Å². The Kier molecular flexibility index (Phi) is 3.66. The molecule has 0 spiro atoms. The molecule has 0 bridgehead atoms. The molecule has 2 unspecified atom stereocenters. The van der Waals surface area contributed by atoms with Gasteiger partial charge in [0.1, 0.15) is 6.26 Å². The van der Waals surface area contributed by atoms with Gasteiger partial charge >= 0.3 is 0 Å². The molecule has 0 saturated carbocycles. The first-order valence-electron chi connectivity index (χ1n) is 5.42. The molecule has 1 fully saturated rings. The van der Waals surface area contributed by atoms with Crippen molar-refractivity contribution in [2.45, 2.75) is 19.4 Å². The van der Waals surface area contributed by atoms with Crippen molar-refractivity contribution in [3.05, 3.63) is 22.6 Å². The molecule has 4 nitrogen and oxygen atoms in total. The van der Waals surface area contributed by atoms with Crippen LogP contribution in [0.2, 0.25) is 0 Å². The van der Waals surface area contributed by atoms with Gasteiger partial charge in [-0.1, -0.05) is 6.92 Å². The molecule has 0 aromatic carbocycles. The Morgan fingerprint density at radius 2 is 2.50 bits per heavy atom. The van der Waals surface area contributed by atoms with Gasteiger partial charge in [0.25, 0.3) is 5.91 Å². The van der Waals surface area contributed by atoms with Crippen molar-refractivity contribution in [1.82, 2.24) is 10.6 Å². The molecule has 1 aliphatic rings. The van der Waals surface area contributed by atoms with Gasteiger partial charge < -0.3 is 15.1 Å². The lowest BCUT2D eigenvalue weighted by Crippen LogP contribution is -2.48. The Labute approximate surface area is 103 Å². The molecule has 16 heavy (non-hydrogen) atoms. The normalized spacial score (nSPS) is 25.4. The molecule has 2 rings (SSSR count). The summed E-state index contributed by atoms with van der Waals surface area (Å²) in [5, 5.41) is 6.34. The highest BCUT2D eigenvalue weighted by Gasteiger charge is 2.23. The fourth-order valence-electron chi connectivity index (χ4n) is 1.91. The van der Waals surface area contributed by atoms with Gasteiger partial charge in [0.2, 0.25) is 0 Å². The Bertz CT molecular complexity index is 378. The number of carbonyl (C=O) groups is 1. The highest BCUT2D eigenvalue weighted by molar-refractivity contribution is 9.10. The Morgan fingerprint density at radius 1 is 1.69 bits per heavy atom. The third kappa shape index (κ3) is 2.65. The summed E-state index contributed by atoms with van der Waals surface area (Å²) < 4.78 is 5.62. The molecule has 1 aliphatic heterocycles. The standard InChI is InChI=1S/C11H15BrN2O2/c1-7-5-13-3-2-9(7)14-11(15)8-4-10(12)16-6-8/h4,6-7,9,13H,2-3,5H2,1H3,(H,14,15). The second-order valence-corrected chi connectivity index (χ2v) is 4.97. The lowest BCUT2D eigenvalue weighted by molar-refractivity contribution is 0.0913. The summed E-state index contributed by atoms with van der Waals surface area (Å²) in [6, 6.07) is 1.93. The monoisotopic (exact) mass is 286 g/mol. The summed E-state index contributed by atoms with van der Waals surface area (Å²) in [6.45, 7) is 4.06. The summed E-state index contributed by atoms with van der Waals surface area (Å²) in [5.41, 5.74) is 0.567. The van der Waals surface area contributed by atoms with Gasteiger partial charge in [-0.2, -0.15) is 0 Å². The zero-order valence-corrected chi connectivity index (χ0v) is 10.7. The fraction of sp³-hybridized carbons (Fsp3) is 0.545. The quantitative estimate of drug-likeness (QED) is 0.871. The number of furan rings is 1. The summed E-state index contributed by atoms with van der Waals surface area (Å²) in [6.07, 6.45) is 2.44. The Morgan fingerprint density at radius 3 is 3.12 bits per heavy atom. The summed E-state index contributed by atoms with van der Waals surface area (Å²) in [7, 11) is 0. The lowest BCUT2D eigenvalue weighted by atomic mass is 9.95. The highest BCUT2D eigenvalue weighted by atomic mass is 79.9. The molecule has 2 heterocycles. The molecule has 2 atom stereocenters. The summed E-state index contributed by atoms with van der Waals surface area (Å²) in [5.74, 6) is 0.404. The van der Waals surface area contributed by atoms with Crippen LogP contribution in [0.5, 0.6) is 0 Å². The fourth-order valence-corrected chi connectivity index (χ4v) is 2.25. The smallest absolute Gasteiger partial charge is 0.254 e. The van der Waals surface area contributed by atoms with Gasteiger partial charge in [-0.25, -0.2) is 0 Å². The van der Waals surface area contributed by atoms with Crippen LogP contribution in [-0.2, 0) is 0 Å². The van der Waals surface area contributed by atoms with E-state index in [0.717, 1.165) is 19.5 Å². The van der Waals surface area contributed by atoms with Crippen molar-refractivity contribution in [2.75, 3.05) is 13.1 Å². The van der Waals surface area contributed by atoms with Crippen LogP contribution in [0.4, 0.5) is 0 Å². The molecule has 2 N–H and O–H groups in total. The van der Waals surface area contributed by atoms with E-state index < -0.39 is 0 Å². The van der Waals surface area contributed by atoms with Crippen LogP contribution in [0.1, 0.15) is 23.7 Å². The number of carbonyl (C=O) groups excluding carboxylic acids is 1. The maximum atomic E-state index is 11.9. The summed E-state index contributed by atoms with van der Waals surface area (Å²) in [4.78, 5) is 11.9. The van der Waals surface area contributed by atoms with Crippen molar-refractivity contribution in [1.29, 1.82) is 0 Å². The minimum absolute atomic E-state index is 0.0619. The van der Waals surface area contributed by atoms with Crippen LogP contribution in [0, 0.1) is 5.92 Å². The van der Waals surface area contributed by atoms with E-state index in [1.807, 2.05) is 0 Å². The lowest BCUT2D eigenvalue weighted by Gasteiger charge is -2.30. The van der Waals surface area contributed by atoms with Gasteiger partial charge in [-0.15, -0.1) is 0 Å². The van der Waals surface area contributed by atoms with E-state index >= 15 is 0 Å². The van der Waals surface area contributed by atoms with Crippen LogP contribution < -0.4 is 10.6 Å². The molecular weight excluding hydrogens is 272 g/mol. The molecule has 1 aromatic rings. The van der Waals surface area contributed by atoms with Crippen LogP contribution >= 0.6 is 15.9 Å². The first-order chi connectivity index (χ1) is 7.66. The van der Waals surface area contributed by atoms with Gasteiger partial charge in [-0.3, -0.25) is 4.79 Å². The van der Waals surface area contributed by atoms with E-state index in [9.17, 15) is 4.79 Å². The van der Waals surface area contributed by atoms with Crippen LogP contribution in [0.15, 0.2) is 21.4 Å². The molecule has 0 aliphatic carbocycles. The molecular formula is C11H15BrN2O2. The zero-order chi connectivity index (χ0) is 11.5. The van der Waals surface area contributed by atoms with E-state index in [1.54, 1.807) is 6.07 Å². The number of nitrogens with one attached hydrogen (secondary N) is 2. The first-order valence-corrected chi connectivity index (χ1v) is 6.21. The number of amides is 1. The van der Waals surface area contributed by atoms with Crippen molar-refractivity contribution in [3.8, 4) is 0 Å². The third-order valence-electron chi connectivity index (χ3n) is 2.93. The Hall–Kier alpha value is -0.810. The average molecular weight is 287 g/mol. The highest BCUT2D eigenvalue weighted by Crippen LogP contribution is 2.15. The predicted molar refractivity (Wildman–Crippen MR) is 64.3 cm³/mol. The maximum absolute atomic E-state index is 11.9. The number of hydrogen-bond donors (Lipinski definition) is 2. The van der Waals surface area contributed by atoms with E-state index in [-0.39, 0.29) is 11.9 Å². The molecule has 1 aromatic heterocycles. The zero-order valence-electron chi connectivity index (χ0n) is 9.13. The SMILES string of the molecule is CC1CNCCC1NC(=O)c1coc(Br)c1. The van der Waals surface area contributed by atoms with Crippen molar-refractivity contribution < 1.29 is 9.21 Å². The molecule has 1 saturated heterocycles. The van der Waals surface area contributed by atoms with Crippen LogP contribution in [0.3, 0.4) is 0 Å². The van der Waals surface area contributed by atoms with Crippen molar-refractivity contribution in [3.63, 3.8) is 0 Å². The largest absolute Gasteiger partial charge is 0.457 e. The molecule has 88 valence electrons. The molecule has 0 radical (unpaired) electrons. The number of piperidine rings is 1. The van der Waals surface area contributed by atoms with E-state index in [4.69, 9.17) is 4.42 Å². The number of halogens is 1. The third-order valence-corrected chi connectivity index (χ3v) is 3.35. The van der Waals surface area contributed by atoms with E-state index in [0.29, 0.717) is 16.2 Å². The van der Waals surface area contributed by atoms with Crippen LogP contribution in [0.25, 0.3) is 0 Å². The Balaban J connectivity index is 1.96. The number of rotatable bonds is 2. The van der Waals surface area contributed by atoms with Gasteiger partial charge in [0.05, 0.1) is 5.56 Å². The summed E-state index contributed by atoms with van der Waals surface area (Å²) >= 11 is 3.18. The topological polar surface area (TPSA) is 54.3 Å². The molecule has 1 amide bonds. The van der Waals surface area contributed by atoms with Crippen molar-refractivity contribution >= 4 is 21.8 Å². The van der Waals surface area contributed by atoms with Gasteiger partial charge in [-0.05, 0) is 41.4 Å². The minimum Gasteiger partial charge on any atom is -0.457 e. The number of hydrogen-bond acceptors (Lipinski definition) is 3. The van der Waals surface area contributed by atoms with Crippen molar-refractivity contribution in [2.24, 2.45) is 5.92 Å². The van der Waals surface area contributed by atoms with E-state index in [1.165, 1.54) is 6.26 Å². The minimum atomic E-state index is -0.0619. The second-order valence-electron chi connectivity index (χ2n) is 4.19. The van der Waals surface area contributed by atoms with Gasteiger partial charge in [0, 0.05) is 12.1 Å². The average Bonchev–Trinajstić information content (AvgIpc) is 2.68. The molecule has 5 heteroatoms. The predicted octanol–water partition coefficient (Wildman–Crippen LogP) is 1.77. The first kappa shape index (κ1) is 11.7. The second kappa shape index (κ2) is 5.01. The van der Waals surface area contributed by atoms with Gasteiger partial charge in [0.15, 0.2) is 4.67 Å². The maximum Gasteiger partial charge on any atom is 0.254 e.